The standard InChI is InChI=1S/C11H16BrN5O/c1-4-17-11(7(12)6-14-17)10(13)8-5-9(18-3)16(2)15-8/h5-6,10H,4,13H2,1-3H3. The zero-order valence-electron chi connectivity index (χ0n) is 10.6. The van der Waals surface area contributed by atoms with Crippen LogP contribution in [0.15, 0.2) is 16.7 Å². The van der Waals surface area contributed by atoms with E-state index in [0.717, 1.165) is 22.4 Å². The summed E-state index contributed by atoms with van der Waals surface area (Å²) in [5.74, 6) is 0.680. The van der Waals surface area contributed by atoms with E-state index in [4.69, 9.17) is 10.5 Å². The Morgan fingerprint density at radius 2 is 2.28 bits per heavy atom. The number of nitrogens with two attached hydrogens (primary N) is 1. The third kappa shape index (κ3) is 2.15. The highest BCUT2D eigenvalue weighted by atomic mass is 79.9. The summed E-state index contributed by atoms with van der Waals surface area (Å²) in [6, 6.07) is 1.50. The molecule has 2 heterocycles. The van der Waals surface area contributed by atoms with Crippen LogP contribution in [-0.2, 0) is 13.6 Å². The molecule has 2 aromatic rings. The largest absolute Gasteiger partial charge is 0.481 e. The second kappa shape index (κ2) is 5.11. The molecule has 2 aromatic heterocycles. The quantitative estimate of drug-likeness (QED) is 0.927. The van der Waals surface area contributed by atoms with Gasteiger partial charge in [0.05, 0.1) is 35.2 Å². The predicted octanol–water partition coefficient (Wildman–Crippen LogP) is 1.46. The van der Waals surface area contributed by atoms with Gasteiger partial charge < -0.3 is 10.5 Å². The van der Waals surface area contributed by atoms with E-state index in [9.17, 15) is 0 Å². The van der Waals surface area contributed by atoms with Crippen molar-refractivity contribution in [1.82, 2.24) is 19.6 Å². The number of aryl methyl sites for hydroxylation is 2. The predicted molar refractivity (Wildman–Crippen MR) is 71.4 cm³/mol. The van der Waals surface area contributed by atoms with Gasteiger partial charge in [0.15, 0.2) is 0 Å². The van der Waals surface area contributed by atoms with Crippen LogP contribution in [-0.4, -0.2) is 26.7 Å². The first-order valence-electron chi connectivity index (χ1n) is 5.63. The Morgan fingerprint density at radius 3 is 2.83 bits per heavy atom. The van der Waals surface area contributed by atoms with Crippen molar-refractivity contribution in [3.8, 4) is 5.88 Å². The lowest BCUT2D eigenvalue weighted by Crippen LogP contribution is -2.18. The van der Waals surface area contributed by atoms with Crippen LogP contribution in [0.1, 0.15) is 24.4 Å². The van der Waals surface area contributed by atoms with Gasteiger partial charge in [-0.25, -0.2) is 4.68 Å². The minimum atomic E-state index is -0.336. The first-order valence-corrected chi connectivity index (χ1v) is 6.42. The molecule has 2 rings (SSSR count). The van der Waals surface area contributed by atoms with Crippen LogP contribution in [0, 0.1) is 0 Å². The lowest BCUT2D eigenvalue weighted by molar-refractivity contribution is 0.373. The molecule has 7 heteroatoms. The second-order valence-corrected chi connectivity index (χ2v) is 4.76. The van der Waals surface area contributed by atoms with Crippen LogP contribution >= 0.6 is 15.9 Å². The Kier molecular flexibility index (Phi) is 3.72. The van der Waals surface area contributed by atoms with Gasteiger partial charge in [-0.1, -0.05) is 0 Å². The highest BCUT2D eigenvalue weighted by Crippen LogP contribution is 2.27. The van der Waals surface area contributed by atoms with Crippen molar-refractivity contribution >= 4 is 15.9 Å². The van der Waals surface area contributed by atoms with Crippen LogP contribution < -0.4 is 10.5 Å². The highest BCUT2D eigenvalue weighted by Gasteiger charge is 2.21. The molecule has 0 aliphatic heterocycles. The fourth-order valence-corrected chi connectivity index (χ4v) is 2.43. The third-order valence-corrected chi connectivity index (χ3v) is 3.42. The summed E-state index contributed by atoms with van der Waals surface area (Å²) in [7, 11) is 3.43. The molecule has 18 heavy (non-hydrogen) atoms. The van der Waals surface area contributed by atoms with E-state index < -0.39 is 0 Å². The van der Waals surface area contributed by atoms with Crippen molar-refractivity contribution in [2.75, 3.05) is 7.11 Å². The van der Waals surface area contributed by atoms with Crippen molar-refractivity contribution in [3.05, 3.63) is 28.1 Å². The molecule has 1 unspecified atom stereocenters. The Bertz CT molecular complexity index is 548. The fourth-order valence-electron chi connectivity index (χ4n) is 1.89. The zero-order chi connectivity index (χ0) is 13.3. The lowest BCUT2D eigenvalue weighted by Gasteiger charge is -2.11. The van der Waals surface area contributed by atoms with Crippen LogP contribution in [0.4, 0.5) is 0 Å². The second-order valence-electron chi connectivity index (χ2n) is 3.91. The summed E-state index contributed by atoms with van der Waals surface area (Å²) in [6.07, 6.45) is 1.75. The van der Waals surface area contributed by atoms with Gasteiger partial charge in [-0.05, 0) is 22.9 Å². The highest BCUT2D eigenvalue weighted by molar-refractivity contribution is 9.10. The van der Waals surface area contributed by atoms with Crippen molar-refractivity contribution in [2.24, 2.45) is 12.8 Å². The Morgan fingerprint density at radius 1 is 1.56 bits per heavy atom. The molecule has 0 amide bonds. The minimum absolute atomic E-state index is 0.336. The van der Waals surface area contributed by atoms with E-state index in [1.54, 1.807) is 18.0 Å². The summed E-state index contributed by atoms with van der Waals surface area (Å²) in [4.78, 5) is 0. The monoisotopic (exact) mass is 313 g/mol. The van der Waals surface area contributed by atoms with E-state index in [-0.39, 0.29) is 6.04 Å². The van der Waals surface area contributed by atoms with Gasteiger partial charge in [0.25, 0.3) is 0 Å². The van der Waals surface area contributed by atoms with Gasteiger partial charge in [0, 0.05) is 19.7 Å². The third-order valence-electron chi connectivity index (χ3n) is 2.81. The summed E-state index contributed by atoms with van der Waals surface area (Å²) in [5, 5.41) is 8.61. The molecule has 0 fully saturated rings. The number of ether oxygens (including phenoxy) is 1. The topological polar surface area (TPSA) is 70.9 Å². The molecular weight excluding hydrogens is 298 g/mol. The van der Waals surface area contributed by atoms with Gasteiger partial charge in [0.1, 0.15) is 0 Å². The van der Waals surface area contributed by atoms with E-state index in [1.165, 1.54) is 0 Å². The fraction of sp³-hybridized carbons (Fsp3) is 0.455. The van der Waals surface area contributed by atoms with Crippen LogP contribution in [0.5, 0.6) is 5.88 Å². The Labute approximate surface area is 114 Å². The summed E-state index contributed by atoms with van der Waals surface area (Å²) in [5.41, 5.74) is 7.92. The number of rotatable bonds is 4. The van der Waals surface area contributed by atoms with Gasteiger partial charge in [-0.2, -0.15) is 10.2 Å². The van der Waals surface area contributed by atoms with Crippen LogP contribution in [0.3, 0.4) is 0 Å². The molecule has 0 aliphatic rings. The first kappa shape index (κ1) is 13.1. The SMILES string of the molecule is CCn1ncc(Br)c1C(N)c1cc(OC)n(C)n1. The van der Waals surface area contributed by atoms with E-state index in [1.807, 2.05) is 24.7 Å². The number of hydrogen-bond acceptors (Lipinski definition) is 4. The molecule has 0 saturated carbocycles. The van der Waals surface area contributed by atoms with E-state index in [2.05, 4.69) is 26.1 Å². The average molecular weight is 314 g/mol. The van der Waals surface area contributed by atoms with Crippen molar-refractivity contribution in [3.63, 3.8) is 0 Å². The van der Waals surface area contributed by atoms with Crippen molar-refractivity contribution < 1.29 is 4.74 Å². The van der Waals surface area contributed by atoms with Gasteiger partial charge >= 0.3 is 0 Å². The molecule has 1 atom stereocenters. The lowest BCUT2D eigenvalue weighted by atomic mass is 10.1. The Hall–Kier alpha value is -1.34. The number of nitrogens with zero attached hydrogens (tertiary/aromatic N) is 4. The summed E-state index contributed by atoms with van der Waals surface area (Å²) < 4.78 is 9.60. The van der Waals surface area contributed by atoms with Crippen molar-refractivity contribution in [2.45, 2.75) is 19.5 Å². The van der Waals surface area contributed by atoms with Crippen molar-refractivity contribution in [1.29, 1.82) is 0 Å². The molecule has 2 N–H and O–H groups in total. The maximum atomic E-state index is 6.25. The number of hydrogen-bond donors (Lipinski definition) is 1. The first-order chi connectivity index (χ1) is 8.58. The molecule has 0 bridgehead atoms. The normalized spacial score (nSPS) is 12.7. The molecule has 98 valence electrons. The zero-order valence-corrected chi connectivity index (χ0v) is 12.2. The summed E-state index contributed by atoms with van der Waals surface area (Å²) >= 11 is 3.47. The van der Waals surface area contributed by atoms with Gasteiger partial charge in [0.2, 0.25) is 5.88 Å². The Balaban J connectivity index is 2.40. The maximum absolute atomic E-state index is 6.25. The molecule has 6 nitrogen and oxygen atoms in total. The molecule has 0 aliphatic carbocycles. The van der Waals surface area contributed by atoms with E-state index >= 15 is 0 Å². The molecule has 0 saturated heterocycles. The van der Waals surface area contributed by atoms with E-state index in [0.29, 0.717) is 5.88 Å². The average Bonchev–Trinajstić information content (AvgIpc) is 2.91. The molecule has 0 spiro atoms. The molecule has 0 radical (unpaired) electrons. The smallest absolute Gasteiger partial charge is 0.211 e. The van der Waals surface area contributed by atoms with Crippen LogP contribution in [0.25, 0.3) is 0 Å². The number of methoxy groups -OCH3 is 1. The minimum Gasteiger partial charge on any atom is -0.481 e. The molecular formula is C11H16BrN5O. The maximum Gasteiger partial charge on any atom is 0.211 e. The summed E-state index contributed by atoms with van der Waals surface area (Å²) in [6.45, 7) is 2.78. The molecule has 0 aromatic carbocycles. The number of halogens is 1. The van der Waals surface area contributed by atoms with Gasteiger partial charge in [-0.3, -0.25) is 4.68 Å². The van der Waals surface area contributed by atoms with Crippen LogP contribution in [0.2, 0.25) is 0 Å². The van der Waals surface area contributed by atoms with Gasteiger partial charge in [-0.15, -0.1) is 0 Å². The number of aromatic nitrogens is 4.